The summed E-state index contributed by atoms with van der Waals surface area (Å²) in [4.78, 5) is 2.72. The van der Waals surface area contributed by atoms with Crippen LogP contribution in [0.4, 0.5) is 0 Å². The van der Waals surface area contributed by atoms with Gasteiger partial charge in [0.1, 0.15) is 0 Å². The average molecular weight is 253 g/mol. The van der Waals surface area contributed by atoms with Gasteiger partial charge in [0, 0.05) is 22.8 Å². The summed E-state index contributed by atoms with van der Waals surface area (Å²) in [5.74, 6) is 0. The van der Waals surface area contributed by atoms with E-state index in [1.54, 1.807) is 0 Å². The fourth-order valence-corrected chi connectivity index (χ4v) is 3.42. The normalized spacial score (nSPS) is 20.1. The van der Waals surface area contributed by atoms with Crippen molar-refractivity contribution >= 4 is 11.3 Å². The van der Waals surface area contributed by atoms with Crippen molar-refractivity contribution in [3.63, 3.8) is 0 Å². The van der Waals surface area contributed by atoms with E-state index in [0.717, 1.165) is 25.9 Å². The molecule has 2 nitrogen and oxygen atoms in total. The molecule has 1 aromatic heterocycles. The quantitative estimate of drug-likeness (QED) is 0.807. The van der Waals surface area contributed by atoms with Crippen molar-refractivity contribution in [2.24, 2.45) is 0 Å². The smallest absolute Gasteiger partial charge is 0.0771 e. The summed E-state index contributed by atoms with van der Waals surface area (Å²) in [6.07, 6.45) is 6.85. The van der Waals surface area contributed by atoms with E-state index in [9.17, 15) is 5.11 Å². The molecule has 1 heterocycles. The maximum absolute atomic E-state index is 10.5. The Labute approximate surface area is 108 Å². The highest BCUT2D eigenvalue weighted by molar-refractivity contribution is 7.11. The van der Waals surface area contributed by atoms with Crippen molar-refractivity contribution in [3.8, 4) is 0 Å². The van der Waals surface area contributed by atoms with E-state index in [-0.39, 0.29) is 0 Å². The molecule has 0 aliphatic heterocycles. The van der Waals surface area contributed by atoms with Gasteiger partial charge in [0.15, 0.2) is 0 Å². The fraction of sp³-hybridized carbons (Fsp3) is 0.714. The summed E-state index contributed by atoms with van der Waals surface area (Å²) in [6.45, 7) is 3.76. The molecule has 17 heavy (non-hydrogen) atoms. The first kappa shape index (κ1) is 13.1. The summed E-state index contributed by atoms with van der Waals surface area (Å²) in [5, 5.41) is 13.9. The third-order valence-corrected chi connectivity index (χ3v) is 4.58. The summed E-state index contributed by atoms with van der Waals surface area (Å²) in [5.41, 5.74) is -0.456. The lowest BCUT2D eigenvalue weighted by Crippen LogP contribution is -2.39. The predicted molar refractivity (Wildman–Crippen MR) is 73.4 cm³/mol. The number of rotatable bonds is 4. The first-order valence-electron chi connectivity index (χ1n) is 6.66. The Morgan fingerprint density at radius 3 is 2.53 bits per heavy atom. The average Bonchev–Trinajstić information content (AvgIpc) is 2.58. The Bertz CT molecular complexity index is 340. The highest BCUT2D eigenvalue weighted by atomic mass is 32.1. The molecule has 0 spiro atoms. The van der Waals surface area contributed by atoms with Gasteiger partial charge in [-0.05, 0) is 31.9 Å². The van der Waals surface area contributed by atoms with Crippen molar-refractivity contribution in [2.75, 3.05) is 6.54 Å². The highest BCUT2D eigenvalue weighted by Gasteiger charge is 2.27. The molecule has 1 fully saturated rings. The van der Waals surface area contributed by atoms with Gasteiger partial charge in [-0.15, -0.1) is 11.3 Å². The molecule has 0 bridgehead atoms. The molecule has 96 valence electrons. The van der Waals surface area contributed by atoms with Crippen LogP contribution in [0.5, 0.6) is 0 Å². The van der Waals surface area contributed by atoms with E-state index in [0.29, 0.717) is 0 Å². The number of hydrogen-bond acceptors (Lipinski definition) is 3. The van der Waals surface area contributed by atoms with Crippen LogP contribution < -0.4 is 5.32 Å². The van der Waals surface area contributed by atoms with Gasteiger partial charge in [0.2, 0.25) is 0 Å². The van der Waals surface area contributed by atoms with E-state index in [1.807, 2.05) is 11.3 Å². The summed E-state index contributed by atoms with van der Waals surface area (Å²) >= 11 is 1.83. The SMILES string of the molecule is Cc1ccc(CNCC2(O)CCCCCC2)s1. The molecule has 0 amide bonds. The third-order valence-electron chi connectivity index (χ3n) is 3.58. The van der Waals surface area contributed by atoms with Gasteiger partial charge in [-0.25, -0.2) is 0 Å². The topological polar surface area (TPSA) is 32.3 Å². The van der Waals surface area contributed by atoms with Gasteiger partial charge in [-0.1, -0.05) is 25.7 Å². The number of nitrogens with one attached hydrogen (secondary N) is 1. The maximum atomic E-state index is 10.5. The molecule has 1 aliphatic carbocycles. The predicted octanol–water partition coefficient (Wildman–Crippen LogP) is 3.23. The zero-order valence-electron chi connectivity index (χ0n) is 10.7. The van der Waals surface area contributed by atoms with Crippen LogP contribution >= 0.6 is 11.3 Å². The van der Waals surface area contributed by atoms with E-state index < -0.39 is 5.60 Å². The molecule has 0 aromatic carbocycles. The van der Waals surface area contributed by atoms with Crippen LogP contribution in [0.3, 0.4) is 0 Å². The lowest BCUT2D eigenvalue weighted by Gasteiger charge is -2.26. The van der Waals surface area contributed by atoms with Gasteiger partial charge < -0.3 is 10.4 Å². The lowest BCUT2D eigenvalue weighted by molar-refractivity contribution is 0.0251. The van der Waals surface area contributed by atoms with Crippen molar-refractivity contribution in [1.29, 1.82) is 0 Å². The standard InChI is InChI=1S/C14H23NOS/c1-12-6-7-13(17-12)10-15-11-14(16)8-4-2-3-5-9-14/h6-7,15-16H,2-5,8-11H2,1H3. The first-order valence-corrected chi connectivity index (χ1v) is 7.48. The first-order chi connectivity index (χ1) is 8.18. The Morgan fingerprint density at radius 1 is 1.24 bits per heavy atom. The van der Waals surface area contributed by atoms with Crippen molar-refractivity contribution in [2.45, 2.75) is 57.6 Å². The van der Waals surface area contributed by atoms with Crippen LogP contribution in [0, 0.1) is 6.92 Å². The number of aryl methyl sites for hydroxylation is 1. The Hall–Kier alpha value is -0.380. The molecule has 0 saturated heterocycles. The lowest BCUT2D eigenvalue weighted by atomic mass is 9.94. The second-order valence-corrected chi connectivity index (χ2v) is 6.63. The van der Waals surface area contributed by atoms with Gasteiger partial charge in [-0.2, -0.15) is 0 Å². The number of aliphatic hydroxyl groups is 1. The van der Waals surface area contributed by atoms with E-state index in [2.05, 4.69) is 24.4 Å². The van der Waals surface area contributed by atoms with Gasteiger partial charge in [0.05, 0.1) is 5.60 Å². The molecule has 0 radical (unpaired) electrons. The molecular formula is C14H23NOS. The van der Waals surface area contributed by atoms with Crippen molar-refractivity contribution < 1.29 is 5.11 Å². The van der Waals surface area contributed by atoms with E-state index in [4.69, 9.17) is 0 Å². The molecule has 2 rings (SSSR count). The number of hydrogen-bond donors (Lipinski definition) is 2. The summed E-state index contributed by atoms with van der Waals surface area (Å²) in [7, 11) is 0. The summed E-state index contributed by atoms with van der Waals surface area (Å²) in [6, 6.07) is 4.33. The van der Waals surface area contributed by atoms with Crippen molar-refractivity contribution in [3.05, 3.63) is 21.9 Å². The molecular weight excluding hydrogens is 230 g/mol. The molecule has 3 heteroatoms. The Kier molecular flexibility index (Phi) is 4.60. The van der Waals surface area contributed by atoms with Crippen LogP contribution in [-0.2, 0) is 6.54 Å². The Balaban J connectivity index is 1.76. The molecule has 1 aromatic rings. The second-order valence-electron chi connectivity index (χ2n) is 5.25. The maximum Gasteiger partial charge on any atom is 0.0771 e. The van der Waals surface area contributed by atoms with Gasteiger partial charge in [0.25, 0.3) is 0 Å². The zero-order chi connectivity index (χ0) is 12.1. The number of thiophene rings is 1. The third kappa shape index (κ3) is 4.09. The molecule has 0 atom stereocenters. The molecule has 1 aliphatic rings. The highest BCUT2D eigenvalue weighted by Crippen LogP contribution is 2.26. The van der Waals surface area contributed by atoms with E-state index >= 15 is 0 Å². The minimum atomic E-state index is -0.456. The van der Waals surface area contributed by atoms with Crippen LogP contribution in [0.15, 0.2) is 12.1 Å². The van der Waals surface area contributed by atoms with Crippen LogP contribution in [0.2, 0.25) is 0 Å². The monoisotopic (exact) mass is 253 g/mol. The minimum Gasteiger partial charge on any atom is -0.389 e. The molecule has 0 unspecified atom stereocenters. The minimum absolute atomic E-state index is 0.456. The van der Waals surface area contributed by atoms with Crippen LogP contribution in [0.25, 0.3) is 0 Å². The summed E-state index contributed by atoms with van der Waals surface area (Å²) < 4.78 is 0. The van der Waals surface area contributed by atoms with Crippen LogP contribution in [-0.4, -0.2) is 17.3 Å². The Morgan fingerprint density at radius 2 is 1.94 bits per heavy atom. The fourth-order valence-electron chi connectivity index (χ4n) is 2.56. The second kappa shape index (κ2) is 5.98. The molecule has 2 N–H and O–H groups in total. The largest absolute Gasteiger partial charge is 0.389 e. The van der Waals surface area contributed by atoms with Gasteiger partial charge >= 0.3 is 0 Å². The van der Waals surface area contributed by atoms with Crippen molar-refractivity contribution in [1.82, 2.24) is 5.32 Å². The van der Waals surface area contributed by atoms with Crippen LogP contribution in [0.1, 0.15) is 48.3 Å². The molecule has 1 saturated carbocycles. The van der Waals surface area contributed by atoms with E-state index in [1.165, 1.54) is 35.4 Å². The zero-order valence-corrected chi connectivity index (χ0v) is 11.5. The van der Waals surface area contributed by atoms with Gasteiger partial charge in [-0.3, -0.25) is 0 Å².